The predicted octanol–water partition coefficient (Wildman–Crippen LogP) is -0.333. The molecule has 1 aliphatic heterocycles. The Morgan fingerprint density at radius 2 is 2.07 bits per heavy atom. The van der Waals surface area contributed by atoms with E-state index in [1.54, 1.807) is 13.8 Å². The summed E-state index contributed by atoms with van der Waals surface area (Å²) < 4.78 is 31.2. The van der Waals surface area contributed by atoms with Gasteiger partial charge in [0, 0.05) is 6.04 Å². The fraction of sp³-hybridized carbons (Fsp3) is 0.667. The first-order chi connectivity index (χ1) is 6.38. The normalized spacial score (nSPS) is 20.4. The first-order valence-corrected chi connectivity index (χ1v) is 5.27. The number of nitrogens with zero attached hydrogens (tertiary/aromatic N) is 2. The molecule has 0 atom stereocenters. The Kier molecular flexibility index (Phi) is 2.65. The molecule has 0 spiro atoms. The summed E-state index contributed by atoms with van der Waals surface area (Å²) in [5, 5.41) is 2.19. The van der Waals surface area contributed by atoms with Gasteiger partial charge in [0.1, 0.15) is 0 Å². The van der Waals surface area contributed by atoms with E-state index in [0.717, 1.165) is 0 Å². The Bertz CT molecular complexity index is 373. The minimum Gasteiger partial charge on any atom is -0.468 e. The van der Waals surface area contributed by atoms with Crippen LogP contribution < -0.4 is 5.32 Å². The first-order valence-electron chi connectivity index (χ1n) is 3.88. The van der Waals surface area contributed by atoms with Crippen molar-refractivity contribution in [2.24, 2.45) is 4.40 Å². The number of hydrogen-bond donors (Lipinski definition) is 1. The highest BCUT2D eigenvalue weighted by atomic mass is 32.2. The highest BCUT2D eigenvalue weighted by Crippen LogP contribution is 2.12. The molecule has 80 valence electrons. The lowest BCUT2D eigenvalue weighted by molar-refractivity contribution is 0.216. The van der Waals surface area contributed by atoms with E-state index in [2.05, 4.69) is 14.5 Å². The minimum atomic E-state index is -3.95. The molecule has 1 rings (SSSR count). The third-order valence-electron chi connectivity index (χ3n) is 1.52. The van der Waals surface area contributed by atoms with Crippen LogP contribution in [0.4, 0.5) is 4.79 Å². The molecule has 0 saturated carbocycles. The fourth-order valence-corrected chi connectivity index (χ4v) is 2.22. The number of ether oxygens (including phenoxy) is 1. The molecule has 0 fully saturated rings. The van der Waals surface area contributed by atoms with Crippen molar-refractivity contribution in [3.05, 3.63) is 0 Å². The number of hydrogen-bond acceptors (Lipinski definition) is 4. The van der Waals surface area contributed by atoms with E-state index in [9.17, 15) is 13.2 Å². The van der Waals surface area contributed by atoms with Crippen LogP contribution in [-0.4, -0.2) is 37.9 Å². The molecule has 8 heteroatoms. The molecule has 0 aromatic rings. The monoisotopic (exact) mass is 221 g/mol. The van der Waals surface area contributed by atoms with Crippen molar-refractivity contribution in [2.75, 3.05) is 7.11 Å². The van der Waals surface area contributed by atoms with Crippen LogP contribution >= 0.6 is 0 Å². The number of methoxy groups -OCH3 is 1. The lowest BCUT2D eigenvalue weighted by Crippen LogP contribution is -2.53. The van der Waals surface area contributed by atoms with Crippen LogP contribution in [0.25, 0.3) is 0 Å². The number of nitrogens with one attached hydrogen (secondary N) is 1. The Morgan fingerprint density at radius 3 is 2.43 bits per heavy atom. The van der Waals surface area contributed by atoms with Crippen molar-refractivity contribution in [1.29, 1.82) is 0 Å². The van der Waals surface area contributed by atoms with Crippen LogP contribution in [0.3, 0.4) is 0 Å². The van der Waals surface area contributed by atoms with Crippen LogP contribution in [0.1, 0.15) is 13.8 Å². The molecule has 1 N–H and O–H groups in total. The summed E-state index contributed by atoms with van der Waals surface area (Å²) in [7, 11) is -2.73. The summed E-state index contributed by atoms with van der Waals surface area (Å²) in [6, 6.07) is -1.55. The predicted molar refractivity (Wildman–Crippen MR) is 48.9 cm³/mol. The quantitative estimate of drug-likeness (QED) is 0.656. The van der Waals surface area contributed by atoms with Crippen molar-refractivity contribution in [1.82, 2.24) is 9.62 Å². The molecule has 0 unspecified atom stereocenters. The SMILES string of the molecule is COC1=NS(=O)(=O)N(C(C)C)C(=O)N1. The molecular weight excluding hydrogens is 210 g/mol. The summed E-state index contributed by atoms with van der Waals surface area (Å²) in [5.74, 6) is 0. The maximum atomic E-state index is 11.4. The van der Waals surface area contributed by atoms with E-state index < -0.39 is 22.3 Å². The van der Waals surface area contributed by atoms with Crippen molar-refractivity contribution < 1.29 is 17.9 Å². The molecular formula is C6H11N3O4S. The molecule has 0 bridgehead atoms. The molecule has 14 heavy (non-hydrogen) atoms. The average Bonchev–Trinajstić information content (AvgIpc) is 1.99. The van der Waals surface area contributed by atoms with Gasteiger partial charge in [-0.3, -0.25) is 5.32 Å². The largest absolute Gasteiger partial charge is 0.468 e. The molecule has 0 aromatic carbocycles. The summed E-state index contributed by atoms with van der Waals surface area (Å²) in [4.78, 5) is 11.3. The molecule has 0 aromatic heterocycles. The zero-order valence-corrected chi connectivity index (χ0v) is 8.83. The van der Waals surface area contributed by atoms with Crippen LogP contribution in [-0.2, 0) is 14.9 Å². The van der Waals surface area contributed by atoms with E-state index in [4.69, 9.17) is 0 Å². The van der Waals surface area contributed by atoms with Crippen molar-refractivity contribution in [2.45, 2.75) is 19.9 Å². The zero-order chi connectivity index (χ0) is 10.9. The Hall–Kier alpha value is -1.31. The summed E-state index contributed by atoms with van der Waals surface area (Å²) in [6.07, 6.45) is 0. The molecule has 7 nitrogen and oxygen atoms in total. The summed E-state index contributed by atoms with van der Waals surface area (Å²) in [6.45, 7) is 3.15. The van der Waals surface area contributed by atoms with Gasteiger partial charge in [0.25, 0.3) is 0 Å². The van der Waals surface area contributed by atoms with E-state index in [1.165, 1.54) is 7.11 Å². The third kappa shape index (κ3) is 1.79. The van der Waals surface area contributed by atoms with Crippen molar-refractivity contribution in [3.8, 4) is 0 Å². The third-order valence-corrected chi connectivity index (χ3v) is 3.00. The topological polar surface area (TPSA) is 88.1 Å². The van der Waals surface area contributed by atoms with Crippen molar-refractivity contribution >= 4 is 22.3 Å². The van der Waals surface area contributed by atoms with Crippen LogP contribution in [0.5, 0.6) is 0 Å². The standard InChI is InChI=1S/C6H11N3O4S/c1-4(2)9-6(10)7-5(13-3)8-14(9,11)12/h4H,1-3H3,(H,7,8,10). The Labute approximate surface area is 81.9 Å². The van der Waals surface area contributed by atoms with Gasteiger partial charge in [-0.15, -0.1) is 0 Å². The van der Waals surface area contributed by atoms with Crippen LogP contribution in [0.2, 0.25) is 0 Å². The van der Waals surface area contributed by atoms with Crippen molar-refractivity contribution in [3.63, 3.8) is 0 Å². The van der Waals surface area contributed by atoms with Gasteiger partial charge in [0.05, 0.1) is 7.11 Å². The second-order valence-electron chi connectivity index (χ2n) is 2.90. The van der Waals surface area contributed by atoms with Crippen LogP contribution in [0, 0.1) is 0 Å². The van der Waals surface area contributed by atoms with Gasteiger partial charge in [-0.25, -0.2) is 4.79 Å². The summed E-state index contributed by atoms with van der Waals surface area (Å²) in [5.41, 5.74) is 0. The van der Waals surface area contributed by atoms with E-state index in [1.807, 2.05) is 0 Å². The van der Waals surface area contributed by atoms with Crippen LogP contribution in [0.15, 0.2) is 4.40 Å². The highest BCUT2D eigenvalue weighted by Gasteiger charge is 2.35. The van der Waals surface area contributed by atoms with E-state index in [0.29, 0.717) is 4.31 Å². The number of rotatable bonds is 1. The number of carbonyl (C=O) groups is 1. The Balaban J connectivity index is 3.15. The Morgan fingerprint density at radius 1 is 1.50 bits per heavy atom. The number of carbonyl (C=O) groups excluding carboxylic acids is 1. The number of amides is 2. The molecule has 0 saturated heterocycles. The molecule has 1 heterocycles. The van der Waals surface area contributed by atoms with Gasteiger partial charge < -0.3 is 4.74 Å². The number of urea groups is 1. The fourth-order valence-electron chi connectivity index (χ4n) is 1.01. The van der Waals surface area contributed by atoms with Gasteiger partial charge in [-0.2, -0.15) is 12.7 Å². The maximum absolute atomic E-state index is 11.4. The second-order valence-corrected chi connectivity index (χ2v) is 4.37. The van der Waals surface area contributed by atoms with Gasteiger partial charge >= 0.3 is 22.3 Å². The number of amidine groups is 1. The minimum absolute atomic E-state index is 0.313. The lowest BCUT2D eigenvalue weighted by Gasteiger charge is -2.27. The van der Waals surface area contributed by atoms with E-state index in [-0.39, 0.29) is 6.02 Å². The zero-order valence-electron chi connectivity index (χ0n) is 8.01. The summed E-state index contributed by atoms with van der Waals surface area (Å²) >= 11 is 0. The second kappa shape index (κ2) is 3.45. The van der Waals surface area contributed by atoms with E-state index >= 15 is 0 Å². The van der Waals surface area contributed by atoms with Gasteiger partial charge in [-0.05, 0) is 13.8 Å². The lowest BCUT2D eigenvalue weighted by atomic mass is 10.4. The average molecular weight is 221 g/mol. The highest BCUT2D eigenvalue weighted by molar-refractivity contribution is 7.88. The van der Waals surface area contributed by atoms with Gasteiger partial charge in [0.15, 0.2) is 0 Å². The molecule has 1 aliphatic rings. The molecule has 0 radical (unpaired) electrons. The smallest absolute Gasteiger partial charge is 0.353 e. The van der Waals surface area contributed by atoms with Gasteiger partial charge in [0.2, 0.25) is 0 Å². The van der Waals surface area contributed by atoms with Gasteiger partial charge in [-0.1, -0.05) is 4.40 Å². The molecule has 0 aliphatic carbocycles. The first kappa shape index (κ1) is 10.8. The molecule has 2 amide bonds. The maximum Gasteiger partial charge on any atom is 0.353 e.